The number of amides is 1. The molecule has 110 valence electrons. The molecule has 0 bridgehead atoms. The Morgan fingerprint density at radius 3 is 2.43 bits per heavy atom. The van der Waals surface area contributed by atoms with Crippen LogP contribution in [0.2, 0.25) is 0 Å². The summed E-state index contributed by atoms with van der Waals surface area (Å²) < 4.78 is 25.7. The van der Waals surface area contributed by atoms with Gasteiger partial charge < -0.3 is 10.6 Å². The quantitative estimate of drug-likeness (QED) is 0.889. The highest BCUT2D eigenvalue weighted by atomic mass is 19.2. The van der Waals surface area contributed by atoms with E-state index in [0.717, 1.165) is 23.3 Å². The zero-order chi connectivity index (χ0) is 15.2. The van der Waals surface area contributed by atoms with Gasteiger partial charge in [0.15, 0.2) is 11.6 Å². The zero-order valence-electron chi connectivity index (χ0n) is 11.6. The van der Waals surface area contributed by atoms with Crippen molar-refractivity contribution in [3.05, 3.63) is 65.2 Å². The van der Waals surface area contributed by atoms with Gasteiger partial charge in [-0.15, -0.1) is 0 Å². The van der Waals surface area contributed by atoms with Gasteiger partial charge in [-0.05, 0) is 24.6 Å². The lowest BCUT2D eigenvalue weighted by Crippen LogP contribution is -2.29. The first-order valence-electron chi connectivity index (χ1n) is 6.56. The predicted octanol–water partition coefficient (Wildman–Crippen LogP) is 3.00. The van der Waals surface area contributed by atoms with E-state index in [1.165, 1.54) is 6.07 Å². The third-order valence-corrected chi connectivity index (χ3v) is 2.98. The van der Waals surface area contributed by atoms with Crippen LogP contribution in [0.5, 0.6) is 0 Å². The van der Waals surface area contributed by atoms with Crippen molar-refractivity contribution in [1.29, 1.82) is 0 Å². The predicted molar refractivity (Wildman–Crippen MR) is 77.9 cm³/mol. The number of carbonyl (C=O) groups is 1. The van der Waals surface area contributed by atoms with Crippen molar-refractivity contribution in [2.75, 3.05) is 11.9 Å². The van der Waals surface area contributed by atoms with Crippen molar-refractivity contribution < 1.29 is 13.6 Å². The van der Waals surface area contributed by atoms with E-state index in [4.69, 9.17) is 0 Å². The average molecular weight is 290 g/mol. The van der Waals surface area contributed by atoms with Crippen LogP contribution in [0.1, 0.15) is 11.1 Å². The van der Waals surface area contributed by atoms with Crippen LogP contribution >= 0.6 is 0 Å². The molecule has 0 aliphatic rings. The molecule has 0 spiro atoms. The van der Waals surface area contributed by atoms with Gasteiger partial charge in [-0.2, -0.15) is 0 Å². The molecular weight excluding hydrogens is 274 g/mol. The van der Waals surface area contributed by atoms with Gasteiger partial charge in [0.2, 0.25) is 5.91 Å². The van der Waals surface area contributed by atoms with Crippen molar-refractivity contribution >= 4 is 11.6 Å². The minimum Gasteiger partial charge on any atom is -0.376 e. The van der Waals surface area contributed by atoms with Crippen LogP contribution in [0.15, 0.2) is 42.5 Å². The van der Waals surface area contributed by atoms with Crippen LogP contribution in [0, 0.1) is 18.6 Å². The van der Waals surface area contributed by atoms with Gasteiger partial charge in [0.1, 0.15) is 0 Å². The summed E-state index contributed by atoms with van der Waals surface area (Å²) in [5, 5.41) is 5.48. The molecule has 2 rings (SSSR count). The van der Waals surface area contributed by atoms with E-state index >= 15 is 0 Å². The summed E-state index contributed by atoms with van der Waals surface area (Å²) in [7, 11) is 0. The zero-order valence-corrected chi connectivity index (χ0v) is 11.6. The summed E-state index contributed by atoms with van der Waals surface area (Å²) in [6, 6.07) is 11.2. The van der Waals surface area contributed by atoms with Crippen molar-refractivity contribution in [2.45, 2.75) is 13.5 Å². The van der Waals surface area contributed by atoms with E-state index in [1.54, 1.807) is 0 Å². The molecule has 0 fully saturated rings. The van der Waals surface area contributed by atoms with Gasteiger partial charge in [-0.3, -0.25) is 4.79 Å². The second-order valence-corrected chi connectivity index (χ2v) is 4.74. The fourth-order valence-electron chi connectivity index (χ4n) is 1.76. The molecule has 2 aromatic carbocycles. The first-order chi connectivity index (χ1) is 10.0. The van der Waals surface area contributed by atoms with E-state index in [2.05, 4.69) is 10.6 Å². The molecule has 5 heteroatoms. The Kier molecular flexibility index (Phi) is 4.87. The third kappa shape index (κ3) is 4.56. The number of hydrogen-bond acceptors (Lipinski definition) is 2. The van der Waals surface area contributed by atoms with Gasteiger partial charge in [0.25, 0.3) is 0 Å². The van der Waals surface area contributed by atoms with E-state index in [1.807, 2.05) is 31.2 Å². The molecule has 0 aliphatic heterocycles. The van der Waals surface area contributed by atoms with Crippen molar-refractivity contribution in [3.63, 3.8) is 0 Å². The maximum Gasteiger partial charge on any atom is 0.239 e. The standard InChI is InChI=1S/C16H16F2N2O/c1-11-2-4-12(5-3-11)9-20-16(21)10-19-13-6-7-14(17)15(18)8-13/h2-8,19H,9-10H2,1H3,(H,20,21). The number of benzene rings is 2. The van der Waals surface area contributed by atoms with Gasteiger partial charge >= 0.3 is 0 Å². The molecule has 21 heavy (non-hydrogen) atoms. The maximum atomic E-state index is 13.0. The second kappa shape index (κ2) is 6.83. The molecule has 0 saturated heterocycles. The Bertz CT molecular complexity index is 627. The summed E-state index contributed by atoms with van der Waals surface area (Å²) in [5.41, 5.74) is 2.52. The smallest absolute Gasteiger partial charge is 0.239 e. The number of nitrogens with one attached hydrogen (secondary N) is 2. The minimum absolute atomic E-state index is 0.00304. The number of anilines is 1. The summed E-state index contributed by atoms with van der Waals surface area (Å²) in [5.74, 6) is -2.08. The van der Waals surface area contributed by atoms with Crippen LogP contribution < -0.4 is 10.6 Å². The lowest BCUT2D eigenvalue weighted by molar-refractivity contribution is -0.119. The summed E-state index contributed by atoms with van der Waals surface area (Å²) >= 11 is 0. The molecule has 3 nitrogen and oxygen atoms in total. The maximum absolute atomic E-state index is 13.0. The van der Waals surface area contributed by atoms with E-state index in [-0.39, 0.29) is 12.5 Å². The number of halogens is 2. The Hall–Kier alpha value is -2.43. The molecular formula is C16H16F2N2O. The molecule has 2 aromatic rings. The monoisotopic (exact) mass is 290 g/mol. The van der Waals surface area contributed by atoms with Gasteiger partial charge in [0, 0.05) is 18.3 Å². The van der Waals surface area contributed by atoms with Gasteiger partial charge in [-0.25, -0.2) is 8.78 Å². The van der Waals surface area contributed by atoms with Crippen molar-refractivity contribution in [3.8, 4) is 0 Å². The van der Waals surface area contributed by atoms with Gasteiger partial charge in [0.05, 0.1) is 6.54 Å². The molecule has 0 aromatic heterocycles. The van der Waals surface area contributed by atoms with Crippen LogP contribution in [0.3, 0.4) is 0 Å². The first kappa shape index (κ1) is 15.0. The topological polar surface area (TPSA) is 41.1 Å². The average Bonchev–Trinajstić information content (AvgIpc) is 2.48. The number of carbonyl (C=O) groups excluding carboxylic acids is 1. The minimum atomic E-state index is -0.944. The lowest BCUT2D eigenvalue weighted by Gasteiger charge is -2.08. The van der Waals surface area contributed by atoms with Crippen LogP contribution in [-0.2, 0) is 11.3 Å². The normalized spacial score (nSPS) is 10.2. The highest BCUT2D eigenvalue weighted by molar-refractivity contribution is 5.80. The Morgan fingerprint density at radius 2 is 1.76 bits per heavy atom. The highest BCUT2D eigenvalue weighted by Crippen LogP contribution is 2.12. The second-order valence-electron chi connectivity index (χ2n) is 4.74. The van der Waals surface area contributed by atoms with Crippen molar-refractivity contribution in [1.82, 2.24) is 5.32 Å². The van der Waals surface area contributed by atoms with E-state index < -0.39 is 11.6 Å². The fourth-order valence-corrected chi connectivity index (χ4v) is 1.76. The number of rotatable bonds is 5. The fraction of sp³-hybridized carbons (Fsp3) is 0.188. The summed E-state index contributed by atoms with van der Waals surface area (Å²) in [6.07, 6.45) is 0. The van der Waals surface area contributed by atoms with Crippen molar-refractivity contribution in [2.24, 2.45) is 0 Å². The molecule has 2 N–H and O–H groups in total. The summed E-state index contributed by atoms with van der Waals surface area (Å²) in [6.45, 7) is 2.42. The first-order valence-corrected chi connectivity index (χ1v) is 6.56. The molecule has 0 atom stereocenters. The molecule has 0 heterocycles. The highest BCUT2D eigenvalue weighted by Gasteiger charge is 2.04. The van der Waals surface area contributed by atoms with Crippen LogP contribution in [0.25, 0.3) is 0 Å². The largest absolute Gasteiger partial charge is 0.376 e. The molecule has 0 unspecified atom stereocenters. The molecule has 1 amide bonds. The summed E-state index contributed by atoms with van der Waals surface area (Å²) in [4.78, 5) is 11.7. The SMILES string of the molecule is Cc1ccc(CNC(=O)CNc2ccc(F)c(F)c2)cc1. The molecule has 0 saturated carbocycles. The molecule has 0 aliphatic carbocycles. The van der Waals surface area contributed by atoms with Crippen LogP contribution in [-0.4, -0.2) is 12.5 Å². The Balaban J connectivity index is 1.79. The van der Waals surface area contributed by atoms with Gasteiger partial charge in [-0.1, -0.05) is 29.8 Å². The molecule has 0 radical (unpaired) electrons. The van der Waals surface area contributed by atoms with E-state index in [9.17, 15) is 13.6 Å². The Morgan fingerprint density at radius 1 is 1.05 bits per heavy atom. The number of hydrogen-bond donors (Lipinski definition) is 2. The van der Waals surface area contributed by atoms with Crippen LogP contribution in [0.4, 0.5) is 14.5 Å². The third-order valence-electron chi connectivity index (χ3n) is 2.98. The lowest BCUT2D eigenvalue weighted by atomic mass is 10.1. The van der Waals surface area contributed by atoms with E-state index in [0.29, 0.717) is 12.2 Å². The Labute approximate surface area is 122 Å². The number of aryl methyl sites for hydroxylation is 1.